The van der Waals surface area contributed by atoms with Crippen molar-refractivity contribution in [1.82, 2.24) is 10.2 Å². The number of ether oxygens (including phenoxy) is 1. The van der Waals surface area contributed by atoms with Gasteiger partial charge in [-0.3, -0.25) is 0 Å². The lowest BCUT2D eigenvalue weighted by Crippen LogP contribution is -2.48. The number of likely N-dealkylation sites (tertiary alicyclic amines) is 1. The Labute approximate surface area is 158 Å². The van der Waals surface area contributed by atoms with Crippen molar-refractivity contribution in [2.45, 2.75) is 31.4 Å². The van der Waals surface area contributed by atoms with Crippen molar-refractivity contribution in [2.75, 3.05) is 20.2 Å². The van der Waals surface area contributed by atoms with Gasteiger partial charge in [0.2, 0.25) is 0 Å². The molecule has 0 spiro atoms. The van der Waals surface area contributed by atoms with Crippen molar-refractivity contribution in [1.29, 1.82) is 0 Å². The Morgan fingerprint density at radius 3 is 2.59 bits per heavy atom. The Hall–Kier alpha value is -2.60. The second kappa shape index (κ2) is 8.86. The average Bonchev–Trinajstić information content (AvgIpc) is 2.69. The molecule has 2 N–H and O–H groups in total. The standard InChI is InChI=1S/C21H25FN2O3/c1-27-19-10-6-16(7-11-19)20(13-15-4-8-17(22)9-5-15)23-21(26)24-12-2-3-18(25)14-24/h4-11,18,20,25H,2-3,12-14H2,1H3,(H,23,26)/t18-,20-/m0/s1. The number of nitrogens with zero attached hydrogens (tertiary/aromatic N) is 1. The maximum atomic E-state index is 13.2. The molecule has 1 saturated heterocycles. The first kappa shape index (κ1) is 19.2. The number of benzene rings is 2. The Morgan fingerprint density at radius 1 is 1.26 bits per heavy atom. The minimum atomic E-state index is -0.471. The molecule has 27 heavy (non-hydrogen) atoms. The van der Waals surface area contributed by atoms with Gasteiger partial charge in [-0.2, -0.15) is 0 Å². The van der Waals surface area contributed by atoms with Gasteiger partial charge in [0.15, 0.2) is 0 Å². The highest BCUT2D eigenvalue weighted by Crippen LogP contribution is 2.22. The number of amides is 2. The molecular weight excluding hydrogens is 347 g/mol. The summed E-state index contributed by atoms with van der Waals surface area (Å²) in [4.78, 5) is 14.4. The second-order valence-corrected chi connectivity index (χ2v) is 6.85. The van der Waals surface area contributed by atoms with Gasteiger partial charge in [0.25, 0.3) is 0 Å². The zero-order chi connectivity index (χ0) is 19.2. The van der Waals surface area contributed by atoms with Gasteiger partial charge in [0.1, 0.15) is 11.6 Å². The molecule has 1 fully saturated rings. The lowest BCUT2D eigenvalue weighted by atomic mass is 9.98. The summed E-state index contributed by atoms with van der Waals surface area (Å²) in [5, 5.41) is 12.9. The molecule has 0 bridgehead atoms. The zero-order valence-corrected chi connectivity index (χ0v) is 15.4. The average molecular weight is 372 g/mol. The number of β-amino-alcohol motifs (C(OH)–C–C–N with tert-alkyl or cyclic N) is 1. The summed E-state index contributed by atoms with van der Waals surface area (Å²) in [5.74, 6) is 0.454. The summed E-state index contributed by atoms with van der Waals surface area (Å²) >= 11 is 0. The van der Waals surface area contributed by atoms with Crippen molar-refractivity contribution in [3.63, 3.8) is 0 Å². The quantitative estimate of drug-likeness (QED) is 0.847. The van der Waals surface area contributed by atoms with Crippen LogP contribution in [-0.2, 0) is 6.42 Å². The van der Waals surface area contributed by atoms with Crippen molar-refractivity contribution < 1.29 is 19.0 Å². The number of piperidine rings is 1. The number of aliphatic hydroxyl groups is 1. The van der Waals surface area contributed by atoms with Gasteiger partial charge >= 0.3 is 6.03 Å². The summed E-state index contributed by atoms with van der Waals surface area (Å²) in [7, 11) is 1.61. The van der Waals surface area contributed by atoms with Crippen molar-refractivity contribution in [3.05, 3.63) is 65.5 Å². The minimum Gasteiger partial charge on any atom is -0.497 e. The van der Waals surface area contributed by atoms with E-state index in [4.69, 9.17) is 4.74 Å². The van der Waals surface area contributed by atoms with E-state index in [0.717, 1.165) is 29.7 Å². The van der Waals surface area contributed by atoms with Gasteiger partial charge in [0.05, 0.1) is 19.3 Å². The van der Waals surface area contributed by atoms with E-state index in [1.807, 2.05) is 24.3 Å². The Balaban J connectivity index is 1.77. The van der Waals surface area contributed by atoms with Crippen LogP contribution in [0.1, 0.15) is 30.0 Å². The van der Waals surface area contributed by atoms with E-state index in [0.29, 0.717) is 19.5 Å². The Kier molecular flexibility index (Phi) is 6.29. The molecule has 2 aromatic carbocycles. The molecule has 0 aliphatic carbocycles. The first-order valence-electron chi connectivity index (χ1n) is 9.17. The molecule has 1 heterocycles. The minimum absolute atomic E-state index is 0.198. The Morgan fingerprint density at radius 2 is 1.96 bits per heavy atom. The highest BCUT2D eigenvalue weighted by Gasteiger charge is 2.24. The van der Waals surface area contributed by atoms with E-state index in [2.05, 4.69) is 5.32 Å². The van der Waals surface area contributed by atoms with Crippen LogP contribution in [0.2, 0.25) is 0 Å². The molecule has 0 radical (unpaired) electrons. The molecule has 5 nitrogen and oxygen atoms in total. The highest BCUT2D eigenvalue weighted by atomic mass is 19.1. The Bertz CT molecular complexity index is 749. The van der Waals surface area contributed by atoms with Crippen LogP contribution in [0.5, 0.6) is 5.75 Å². The number of hydrogen-bond acceptors (Lipinski definition) is 3. The first-order valence-corrected chi connectivity index (χ1v) is 9.17. The normalized spacial score (nSPS) is 18.0. The van der Waals surface area contributed by atoms with E-state index in [9.17, 15) is 14.3 Å². The summed E-state index contributed by atoms with van der Waals surface area (Å²) in [6.07, 6.45) is 1.58. The topological polar surface area (TPSA) is 61.8 Å². The number of halogens is 1. The molecule has 144 valence electrons. The number of carbonyl (C=O) groups is 1. The van der Waals surface area contributed by atoms with Gasteiger partial charge in [-0.05, 0) is 54.7 Å². The third-order valence-electron chi connectivity index (χ3n) is 4.85. The molecule has 2 atom stereocenters. The molecule has 0 aromatic heterocycles. The summed E-state index contributed by atoms with van der Waals surface area (Å²) in [5.41, 5.74) is 1.86. The van der Waals surface area contributed by atoms with E-state index >= 15 is 0 Å². The van der Waals surface area contributed by atoms with E-state index in [-0.39, 0.29) is 17.9 Å². The van der Waals surface area contributed by atoms with Gasteiger partial charge < -0.3 is 20.1 Å². The number of urea groups is 1. The molecule has 1 aliphatic heterocycles. The lowest BCUT2D eigenvalue weighted by Gasteiger charge is -2.32. The smallest absolute Gasteiger partial charge is 0.317 e. The molecule has 0 saturated carbocycles. The van der Waals surface area contributed by atoms with Crippen LogP contribution in [0.3, 0.4) is 0 Å². The van der Waals surface area contributed by atoms with Crippen LogP contribution < -0.4 is 10.1 Å². The van der Waals surface area contributed by atoms with Crippen LogP contribution in [0.25, 0.3) is 0 Å². The second-order valence-electron chi connectivity index (χ2n) is 6.85. The number of methoxy groups -OCH3 is 1. The predicted octanol–water partition coefficient (Wildman–Crippen LogP) is 3.28. The fraction of sp³-hybridized carbons (Fsp3) is 0.381. The van der Waals surface area contributed by atoms with Gasteiger partial charge in [-0.1, -0.05) is 24.3 Å². The van der Waals surface area contributed by atoms with Crippen molar-refractivity contribution in [2.24, 2.45) is 0 Å². The fourth-order valence-electron chi connectivity index (χ4n) is 3.32. The molecule has 3 rings (SSSR count). The zero-order valence-electron chi connectivity index (χ0n) is 15.4. The van der Waals surface area contributed by atoms with Gasteiger partial charge in [0, 0.05) is 13.1 Å². The monoisotopic (exact) mass is 372 g/mol. The number of rotatable bonds is 5. The number of carbonyl (C=O) groups excluding carboxylic acids is 1. The number of aliphatic hydroxyl groups excluding tert-OH is 1. The molecule has 2 aromatic rings. The summed E-state index contributed by atoms with van der Waals surface area (Å²) < 4.78 is 18.4. The van der Waals surface area contributed by atoms with Gasteiger partial charge in [-0.15, -0.1) is 0 Å². The SMILES string of the molecule is COc1ccc([C@H](Cc2ccc(F)cc2)NC(=O)N2CCC[C@H](O)C2)cc1. The summed E-state index contributed by atoms with van der Waals surface area (Å²) in [6.45, 7) is 0.979. The summed E-state index contributed by atoms with van der Waals surface area (Å²) in [6, 6.07) is 13.4. The number of nitrogens with one attached hydrogen (secondary N) is 1. The third-order valence-corrected chi connectivity index (χ3v) is 4.85. The van der Waals surface area contributed by atoms with Gasteiger partial charge in [-0.25, -0.2) is 9.18 Å². The third kappa shape index (κ3) is 5.20. The maximum Gasteiger partial charge on any atom is 0.317 e. The molecule has 6 heteroatoms. The molecular formula is C21H25FN2O3. The van der Waals surface area contributed by atoms with Crippen LogP contribution >= 0.6 is 0 Å². The fourth-order valence-corrected chi connectivity index (χ4v) is 3.32. The van der Waals surface area contributed by atoms with Crippen molar-refractivity contribution in [3.8, 4) is 5.75 Å². The van der Waals surface area contributed by atoms with Crippen LogP contribution in [0, 0.1) is 5.82 Å². The largest absolute Gasteiger partial charge is 0.497 e. The highest BCUT2D eigenvalue weighted by molar-refractivity contribution is 5.75. The predicted molar refractivity (Wildman–Crippen MR) is 101 cm³/mol. The van der Waals surface area contributed by atoms with Crippen molar-refractivity contribution >= 4 is 6.03 Å². The lowest BCUT2D eigenvalue weighted by molar-refractivity contribution is 0.0833. The first-order chi connectivity index (χ1) is 13.0. The van der Waals surface area contributed by atoms with Crippen LogP contribution in [0.15, 0.2) is 48.5 Å². The van der Waals surface area contributed by atoms with E-state index < -0.39 is 6.10 Å². The maximum absolute atomic E-state index is 13.2. The van der Waals surface area contributed by atoms with E-state index in [1.165, 1.54) is 12.1 Å². The van der Waals surface area contributed by atoms with Crippen LogP contribution in [-0.4, -0.2) is 42.3 Å². The van der Waals surface area contributed by atoms with Crippen LogP contribution in [0.4, 0.5) is 9.18 Å². The molecule has 0 unspecified atom stereocenters. The molecule has 2 amide bonds. The number of hydrogen-bond donors (Lipinski definition) is 2. The van der Waals surface area contributed by atoms with E-state index in [1.54, 1.807) is 24.1 Å². The molecule has 1 aliphatic rings.